The summed E-state index contributed by atoms with van der Waals surface area (Å²) in [4.78, 5) is 24.5. The maximum Gasteiger partial charge on any atom is 0.239 e. The van der Waals surface area contributed by atoms with Crippen molar-refractivity contribution in [3.05, 3.63) is 59.9 Å². The van der Waals surface area contributed by atoms with Crippen molar-refractivity contribution in [3.63, 3.8) is 0 Å². The van der Waals surface area contributed by atoms with Crippen LogP contribution in [0.5, 0.6) is 0 Å². The first-order valence-electron chi connectivity index (χ1n) is 7.05. The number of anilines is 2. The zero-order chi connectivity index (χ0) is 17.9. The molecular formula is C17H15F3N2O2. The molecule has 0 unspecified atom stereocenters. The second-order valence-corrected chi connectivity index (χ2v) is 5.62. The highest BCUT2D eigenvalue weighted by Gasteiger charge is 2.36. The number of carbonyl (C=O) groups excluding carboxylic acids is 2. The number of benzene rings is 2. The minimum absolute atomic E-state index is 0.488. The van der Waals surface area contributed by atoms with Gasteiger partial charge in [0.05, 0.1) is 5.69 Å². The smallest absolute Gasteiger partial charge is 0.239 e. The Morgan fingerprint density at radius 2 is 1.42 bits per heavy atom. The third-order valence-corrected chi connectivity index (χ3v) is 3.45. The van der Waals surface area contributed by atoms with E-state index in [-0.39, 0.29) is 0 Å². The van der Waals surface area contributed by atoms with Gasteiger partial charge in [-0.05, 0) is 38.1 Å². The Bertz CT molecular complexity index is 777. The molecule has 2 aromatic carbocycles. The van der Waals surface area contributed by atoms with Crippen LogP contribution in [0.4, 0.5) is 24.5 Å². The van der Waals surface area contributed by atoms with E-state index < -0.39 is 40.4 Å². The Labute approximate surface area is 136 Å². The van der Waals surface area contributed by atoms with E-state index in [1.807, 2.05) is 0 Å². The monoisotopic (exact) mass is 336 g/mol. The molecule has 126 valence electrons. The molecule has 0 atom stereocenters. The second kappa shape index (κ2) is 6.74. The topological polar surface area (TPSA) is 58.2 Å². The first kappa shape index (κ1) is 17.5. The number of hydrogen-bond donors (Lipinski definition) is 2. The molecule has 0 radical (unpaired) electrons. The summed E-state index contributed by atoms with van der Waals surface area (Å²) in [5.41, 5.74) is -1.63. The van der Waals surface area contributed by atoms with Crippen LogP contribution in [0.25, 0.3) is 0 Å². The zero-order valence-electron chi connectivity index (χ0n) is 13.0. The van der Waals surface area contributed by atoms with Crippen molar-refractivity contribution < 1.29 is 22.8 Å². The Balaban J connectivity index is 2.15. The molecule has 2 aromatic rings. The summed E-state index contributed by atoms with van der Waals surface area (Å²) in [6.45, 7) is 2.66. The molecule has 0 fully saturated rings. The van der Waals surface area contributed by atoms with Crippen molar-refractivity contribution in [2.24, 2.45) is 5.41 Å². The fourth-order valence-electron chi connectivity index (χ4n) is 1.81. The van der Waals surface area contributed by atoms with Crippen LogP contribution in [0.2, 0.25) is 0 Å². The van der Waals surface area contributed by atoms with Gasteiger partial charge in [0.2, 0.25) is 11.8 Å². The van der Waals surface area contributed by atoms with Gasteiger partial charge in [-0.3, -0.25) is 9.59 Å². The molecule has 0 bridgehead atoms. The number of nitrogens with one attached hydrogen (secondary N) is 2. The van der Waals surface area contributed by atoms with Gasteiger partial charge in [-0.1, -0.05) is 18.2 Å². The molecule has 0 aliphatic rings. The molecule has 0 aromatic heterocycles. The molecule has 2 N–H and O–H groups in total. The number of halogens is 3. The molecule has 4 nitrogen and oxygen atoms in total. The lowest BCUT2D eigenvalue weighted by Crippen LogP contribution is -2.41. The molecule has 7 heteroatoms. The Kier molecular flexibility index (Phi) is 4.92. The van der Waals surface area contributed by atoms with Gasteiger partial charge in [-0.15, -0.1) is 0 Å². The summed E-state index contributed by atoms with van der Waals surface area (Å²) in [7, 11) is 0. The van der Waals surface area contributed by atoms with E-state index >= 15 is 0 Å². The van der Waals surface area contributed by atoms with Gasteiger partial charge in [-0.25, -0.2) is 13.2 Å². The maximum absolute atomic E-state index is 13.6. The minimum atomic E-state index is -1.70. The van der Waals surface area contributed by atoms with E-state index in [0.29, 0.717) is 11.8 Å². The van der Waals surface area contributed by atoms with Crippen LogP contribution in [0, 0.1) is 22.9 Å². The van der Waals surface area contributed by atoms with Gasteiger partial charge >= 0.3 is 0 Å². The molecule has 0 spiro atoms. The van der Waals surface area contributed by atoms with Crippen molar-refractivity contribution in [2.75, 3.05) is 10.6 Å². The van der Waals surface area contributed by atoms with Gasteiger partial charge in [0.25, 0.3) is 0 Å². The third-order valence-electron chi connectivity index (χ3n) is 3.45. The van der Waals surface area contributed by atoms with Crippen LogP contribution in [0.1, 0.15) is 13.8 Å². The average molecular weight is 336 g/mol. The molecule has 2 amide bonds. The van der Waals surface area contributed by atoms with Crippen LogP contribution in [0.15, 0.2) is 42.5 Å². The molecule has 0 saturated heterocycles. The molecular weight excluding hydrogens is 321 g/mol. The average Bonchev–Trinajstić information content (AvgIpc) is 2.56. The number of carbonyl (C=O) groups is 2. The highest BCUT2D eigenvalue weighted by molar-refractivity contribution is 6.14. The summed E-state index contributed by atoms with van der Waals surface area (Å²) in [6.07, 6.45) is 0. The fourth-order valence-corrected chi connectivity index (χ4v) is 1.81. The maximum atomic E-state index is 13.6. The largest absolute Gasteiger partial charge is 0.325 e. The summed E-state index contributed by atoms with van der Waals surface area (Å²) >= 11 is 0. The Morgan fingerprint density at radius 1 is 0.833 bits per heavy atom. The van der Waals surface area contributed by atoms with Crippen LogP contribution in [-0.2, 0) is 9.59 Å². The summed E-state index contributed by atoms with van der Waals surface area (Å²) in [5, 5.41) is 4.66. The highest BCUT2D eigenvalue weighted by Crippen LogP contribution is 2.24. The van der Waals surface area contributed by atoms with Crippen molar-refractivity contribution >= 4 is 23.2 Å². The lowest BCUT2D eigenvalue weighted by Gasteiger charge is -2.23. The third kappa shape index (κ3) is 3.56. The van der Waals surface area contributed by atoms with Crippen molar-refractivity contribution in [1.29, 1.82) is 0 Å². The fraction of sp³-hybridized carbons (Fsp3) is 0.176. The summed E-state index contributed by atoms with van der Waals surface area (Å²) in [5.74, 6) is -6.08. The number of amides is 2. The van der Waals surface area contributed by atoms with Gasteiger partial charge in [0, 0.05) is 5.69 Å². The van der Waals surface area contributed by atoms with Gasteiger partial charge in [-0.2, -0.15) is 0 Å². The summed E-state index contributed by atoms with van der Waals surface area (Å²) < 4.78 is 39.7. The van der Waals surface area contributed by atoms with E-state index in [0.717, 1.165) is 6.07 Å². The van der Waals surface area contributed by atoms with Gasteiger partial charge in [0.15, 0.2) is 17.5 Å². The SMILES string of the molecule is CC(C)(C(=O)Nc1ccccc1)C(=O)Nc1ccc(F)c(F)c1F. The first-order valence-corrected chi connectivity index (χ1v) is 7.05. The van der Waals surface area contributed by atoms with Gasteiger partial charge < -0.3 is 10.6 Å². The molecule has 0 saturated carbocycles. The van der Waals surface area contributed by atoms with Crippen molar-refractivity contribution in [1.82, 2.24) is 0 Å². The van der Waals surface area contributed by atoms with E-state index in [1.54, 1.807) is 30.3 Å². The predicted octanol–water partition coefficient (Wildman–Crippen LogP) is 3.71. The molecule has 0 aliphatic heterocycles. The zero-order valence-corrected chi connectivity index (χ0v) is 13.0. The quantitative estimate of drug-likeness (QED) is 0.661. The number of para-hydroxylation sites is 1. The molecule has 0 aliphatic carbocycles. The lowest BCUT2D eigenvalue weighted by atomic mass is 9.90. The second-order valence-electron chi connectivity index (χ2n) is 5.62. The summed E-state index contributed by atoms with van der Waals surface area (Å²) in [6, 6.07) is 10.0. The number of rotatable bonds is 4. The van der Waals surface area contributed by atoms with E-state index in [4.69, 9.17) is 0 Å². The lowest BCUT2D eigenvalue weighted by molar-refractivity contribution is -0.135. The highest BCUT2D eigenvalue weighted by atomic mass is 19.2. The Morgan fingerprint density at radius 3 is 2.04 bits per heavy atom. The van der Waals surface area contributed by atoms with Crippen molar-refractivity contribution in [2.45, 2.75) is 13.8 Å². The van der Waals surface area contributed by atoms with Crippen LogP contribution in [0.3, 0.4) is 0 Å². The molecule has 24 heavy (non-hydrogen) atoms. The predicted molar refractivity (Wildman–Crippen MR) is 83.8 cm³/mol. The minimum Gasteiger partial charge on any atom is -0.325 e. The van der Waals surface area contributed by atoms with Crippen LogP contribution in [-0.4, -0.2) is 11.8 Å². The van der Waals surface area contributed by atoms with Crippen LogP contribution >= 0.6 is 0 Å². The van der Waals surface area contributed by atoms with E-state index in [1.165, 1.54) is 13.8 Å². The van der Waals surface area contributed by atoms with E-state index in [9.17, 15) is 22.8 Å². The van der Waals surface area contributed by atoms with Crippen molar-refractivity contribution in [3.8, 4) is 0 Å². The van der Waals surface area contributed by atoms with Gasteiger partial charge in [0.1, 0.15) is 5.41 Å². The van der Waals surface area contributed by atoms with E-state index in [2.05, 4.69) is 10.6 Å². The molecule has 2 rings (SSSR count). The van der Waals surface area contributed by atoms with Crippen LogP contribution < -0.4 is 10.6 Å². The Hall–Kier alpha value is -2.83. The number of hydrogen-bond acceptors (Lipinski definition) is 2. The normalized spacial score (nSPS) is 11.0. The first-order chi connectivity index (χ1) is 11.2. The molecule has 0 heterocycles. The standard InChI is InChI=1S/C17H15F3N2O2/c1-17(2,15(23)21-10-6-4-3-5-7-10)16(24)22-12-9-8-11(18)13(19)14(12)20/h3-9H,1-2H3,(H,21,23)(H,22,24).